The smallest absolute Gasteiger partial charge is 0.310 e. The van der Waals surface area contributed by atoms with Gasteiger partial charge in [0, 0.05) is 5.69 Å². The second-order valence-electron chi connectivity index (χ2n) is 5.19. The van der Waals surface area contributed by atoms with Gasteiger partial charge in [-0.2, -0.15) is 13.2 Å². The molecule has 0 bridgehead atoms. The van der Waals surface area contributed by atoms with Crippen LogP contribution in [0.15, 0.2) is 30.7 Å². The molecule has 1 aromatic carbocycles. The summed E-state index contributed by atoms with van der Waals surface area (Å²) in [5.74, 6) is 0. The van der Waals surface area contributed by atoms with Gasteiger partial charge in [-0.1, -0.05) is 11.6 Å². The fourth-order valence-electron chi connectivity index (χ4n) is 1.97. The monoisotopic (exact) mass is 317 g/mol. The second-order valence-corrected chi connectivity index (χ2v) is 5.59. The Bertz CT molecular complexity index is 647. The van der Waals surface area contributed by atoms with Crippen molar-refractivity contribution in [3.63, 3.8) is 0 Å². The van der Waals surface area contributed by atoms with Gasteiger partial charge in [-0.15, -0.1) is 0 Å². The Hall–Kier alpha value is -1.53. The first kappa shape index (κ1) is 15.9. The number of aromatic nitrogens is 2. The first-order chi connectivity index (χ1) is 9.66. The van der Waals surface area contributed by atoms with Crippen LogP contribution in [0.3, 0.4) is 0 Å². The molecule has 0 spiro atoms. The summed E-state index contributed by atoms with van der Waals surface area (Å²) in [6.07, 6.45) is -1.39. The van der Waals surface area contributed by atoms with E-state index in [2.05, 4.69) is 10.3 Å². The lowest BCUT2D eigenvalue weighted by Gasteiger charge is -2.25. The van der Waals surface area contributed by atoms with Crippen molar-refractivity contribution in [3.8, 4) is 5.69 Å². The number of rotatable bonds is 3. The fourth-order valence-corrected chi connectivity index (χ4v) is 2.20. The molecule has 7 heteroatoms. The lowest BCUT2D eigenvalue weighted by Crippen LogP contribution is -2.35. The van der Waals surface area contributed by atoms with E-state index in [1.165, 1.54) is 18.5 Å². The Morgan fingerprint density at radius 1 is 1.24 bits per heavy atom. The summed E-state index contributed by atoms with van der Waals surface area (Å²) >= 11 is 5.64. The molecule has 1 N–H and O–H groups in total. The Balaban J connectivity index is 2.57. The number of alkyl halides is 3. The SMILES string of the molecule is CNC(C)(C)c1cncn1-c1ccc(Cl)c(C(F)(F)F)c1. The topological polar surface area (TPSA) is 29.9 Å². The van der Waals surface area contributed by atoms with Gasteiger partial charge in [0.05, 0.1) is 34.3 Å². The van der Waals surface area contributed by atoms with Crippen molar-refractivity contribution in [1.29, 1.82) is 0 Å². The summed E-state index contributed by atoms with van der Waals surface area (Å²) < 4.78 is 40.5. The molecule has 0 amide bonds. The van der Waals surface area contributed by atoms with E-state index < -0.39 is 17.3 Å². The van der Waals surface area contributed by atoms with E-state index in [9.17, 15) is 13.2 Å². The molecule has 0 aliphatic heterocycles. The maximum absolute atomic E-state index is 12.9. The summed E-state index contributed by atoms with van der Waals surface area (Å²) in [5, 5.41) is 2.78. The summed E-state index contributed by atoms with van der Waals surface area (Å²) in [6, 6.07) is 3.81. The number of imidazole rings is 1. The molecular formula is C14H15ClF3N3. The van der Waals surface area contributed by atoms with Crippen LogP contribution in [0.4, 0.5) is 13.2 Å². The minimum absolute atomic E-state index is 0.319. The summed E-state index contributed by atoms with van der Waals surface area (Å²) in [6.45, 7) is 3.84. The van der Waals surface area contributed by atoms with Gasteiger partial charge < -0.3 is 9.88 Å². The molecule has 0 atom stereocenters. The average Bonchev–Trinajstić information content (AvgIpc) is 2.88. The molecule has 114 valence electrons. The van der Waals surface area contributed by atoms with Gasteiger partial charge in [-0.25, -0.2) is 4.98 Å². The molecule has 2 rings (SSSR count). The molecule has 3 nitrogen and oxygen atoms in total. The third-order valence-electron chi connectivity index (χ3n) is 3.44. The molecule has 1 heterocycles. The highest BCUT2D eigenvalue weighted by Gasteiger charge is 2.34. The van der Waals surface area contributed by atoms with Crippen LogP contribution in [0.2, 0.25) is 5.02 Å². The molecule has 0 aliphatic carbocycles. The molecule has 1 aromatic heterocycles. The number of halogens is 4. The zero-order chi connectivity index (χ0) is 15.8. The second kappa shape index (κ2) is 5.35. The quantitative estimate of drug-likeness (QED) is 0.927. The van der Waals surface area contributed by atoms with Gasteiger partial charge >= 0.3 is 6.18 Å². The van der Waals surface area contributed by atoms with E-state index in [-0.39, 0.29) is 5.02 Å². The van der Waals surface area contributed by atoms with Gasteiger partial charge in [0.15, 0.2) is 0 Å². The predicted molar refractivity (Wildman–Crippen MR) is 75.7 cm³/mol. The summed E-state index contributed by atoms with van der Waals surface area (Å²) in [5.41, 5.74) is -0.180. The van der Waals surface area contributed by atoms with Crippen molar-refractivity contribution in [1.82, 2.24) is 14.9 Å². The molecule has 0 aliphatic rings. The van der Waals surface area contributed by atoms with Gasteiger partial charge in [-0.05, 0) is 39.1 Å². The molecule has 0 unspecified atom stereocenters. The van der Waals surface area contributed by atoms with Crippen molar-refractivity contribution < 1.29 is 13.2 Å². The van der Waals surface area contributed by atoms with Crippen molar-refractivity contribution in [3.05, 3.63) is 47.0 Å². The highest BCUT2D eigenvalue weighted by atomic mass is 35.5. The van der Waals surface area contributed by atoms with E-state index in [1.54, 1.807) is 17.8 Å². The molecule has 2 aromatic rings. The number of hydrogen-bond acceptors (Lipinski definition) is 2. The number of benzene rings is 1. The Morgan fingerprint density at radius 2 is 1.90 bits per heavy atom. The Kier molecular flexibility index (Phi) is 4.04. The van der Waals surface area contributed by atoms with Crippen LogP contribution in [0.25, 0.3) is 5.69 Å². The van der Waals surface area contributed by atoms with Crippen LogP contribution in [0.1, 0.15) is 25.1 Å². The minimum atomic E-state index is -4.49. The van der Waals surface area contributed by atoms with E-state index in [0.717, 1.165) is 11.8 Å². The Labute approximate surface area is 125 Å². The first-order valence-corrected chi connectivity index (χ1v) is 6.63. The van der Waals surface area contributed by atoms with Crippen LogP contribution >= 0.6 is 11.6 Å². The maximum atomic E-state index is 12.9. The lowest BCUT2D eigenvalue weighted by atomic mass is 10.0. The van der Waals surface area contributed by atoms with Crippen LogP contribution in [-0.2, 0) is 11.7 Å². The van der Waals surface area contributed by atoms with Gasteiger partial charge in [0.2, 0.25) is 0 Å². The molecule has 0 saturated carbocycles. The summed E-state index contributed by atoms with van der Waals surface area (Å²) in [4.78, 5) is 4.04. The fraction of sp³-hybridized carbons (Fsp3) is 0.357. The first-order valence-electron chi connectivity index (χ1n) is 6.25. The highest BCUT2D eigenvalue weighted by molar-refractivity contribution is 6.31. The lowest BCUT2D eigenvalue weighted by molar-refractivity contribution is -0.137. The third-order valence-corrected chi connectivity index (χ3v) is 3.77. The van der Waals surface area contributed by atoms with E-state index >= 15 is 0 Å². The molecule has 0 radical (unpaired) electrons. The predicted octanol–water partition coefficient (Wildman–Crippen LogP) is 4.00. The van der Waals surface area contributed by atoms with Crippen molar-refractivity contribution >= 4 is 11.6 Å². The number of nitrogens with zero attached hydrogens (tertiary/aromatic N) is 2. The van der Waals surface area contributed by atoms with E-state index in [4.69, 9.17) is 11.6 Å². The molecule has 21 heavy (non-hydrogen) atoms. The van der Waals surface area contributed by atoms with Gasteiger partial charge in [0.1, 0.15) is 0 Å². The van der Waals surface area contributed by atoms with E-state index in [1.807, 2.05) is 13.8 Å². The van der Waals surface area contributed by atoms with Crippen LogP contribution in [0.5, 0.6) is 0 Å². The van der Waals surface area contributed by atoms with Crippen molar-refractivity contribution in [2.24, 2.45) is 0 Å². The molecular weight excluding hydrogens is 303 g/mol. The zero-order valence-electron chi connectivity index (χ0n) is 11.8. The number of hydrogen-bond donors (Lipinski definition) is 1. The number of nitrogens with one attached hydrogen (secondary N) is 1. The largest absolute Gasteiger partial charge is 0.417 e. The third kappa shape index (κ3) is 3.06. The molecule has 0 fully saturated rings. The Morgan fingerprint density at radius 3 is 2.48 bits per heavy atom. The zero-order valence-corrected chi connectivity index (χ0v) is 12.5. The normalized spacial score (nSPS) is 12.7. The highest BCUT2D eigenvalue weighted by Crippen LogP contribution is 2.36. The minimum Gasteiger partial charge on any atom is -0.310 e. The average molecular weight is 318 g/mol. The van der Waals surface area contributed by atoms with Gasteiger partial charge in [0.25, 0.3) is 0 Å². The van der Waals surface area contributed by atoms with Crippen molar-refractivity contribution in [2.75, 3.05) is 7.05 Å². The maximum Gasteiger partial charge on any atom is 0.417 e. The van der Waals surface area contributed by atoms with Crippen LogP contribution < -0.4 is 5.32 Å². The van der Waals surface area contributed by atoms with E-state index in [0.29, 0.717) is 5.69 Å². The van der Waals surface area contributed by atoms with Crippen LogP contribution in [0, 0.1) is 0 Å². The summed E-state index contributed by atoms with van der Waals surface area (Å²) in [7, 11) is 1.78. The van der Waals surface area contributed by atoms with Crippen molar-refractivity contribution in [2.45, 2.75) is 25.6 Å². The molecule has 0 saturated heterocycles. The van der Waals surface area contributed by atoms with Crippen LogP contribution in [-0.4, -0.2) is 16.6 Å². The standard InChI is InChI=1S/C14H15ClF3N3/c1-13(2,19-3)12-7-20-8-21(12)9-4-5-11(15)10(6-9)14(16,17)18/h4-8,19H,1-3H3. The van der Waals surface area contributed by atoms with Gasteiger partial charge in [-0.3, -0.25) is 0 Å².